The summed E-state index contributed by atoms with van der Waals surface area (Å²) in [4.78, 5) is 35.8. The van der Waals surface area contributed by atoms with E-state index in [4.69, 9.17) is 57.8 Å². The van der Waals surface area contributed by atoms with Gasteiger partial charge in [-0.25, -0.2) is 4.79 Å². The Labute approximate surface area is 376 Å². The van der Waals surface area contributed by atoms with Gasteiger partial charge in [0, 0.05) is 43.1 Å². The number of nitrogens with one attached hydrogen (secondary N) is 6. The van der Waals surface area contributed by atoms with Crippen LogP contribution < -0.4 is 38.0 Å². The van der Waals surface area contributed by atoms with Crippen molar-refractivity contribution in [1.82, 2.24) is 37.2 Å². The first-order valence-corrected chi connectivity index (χ1v) is 23.4. The zero-order chi connectivity index (χ0) is 44.7. The molecule has 0 aromatic heterocycles. The monoisotopic (exact) mass is 925 g/mol. The number of rotatable bonds is 45. The highest BCUT2D eigenvalue weighted by molar-refractivity contribution is 8.00. The maximum atomic E-state index is 12.3. The van der Waals surface area contributed by atoms with E-state index < -0.39 is 0 Å². The first-order chi connectivity index (χ1) is 31.0. The van der Waals surface area contributed by atoms with Gasteiger partial charge in [-0.1, -0.05) is 6.42 Å². The van der Waals surface area contributed by atoms with Crippen LogP contribution in [0.1, 0.15) is 32.1 Å². The van der Waals surface area contributed by atoms with Crippen LogP contribution in [0.4, 0.5) is 4.79 Å². The molecule has 4 amide bonds. The first-order valence-electron chi connectivity index (χ1n) is 22.3. The van der Waals surface area contributed by atoms with Crippen LogP contribution in [0.3, 0.4) is 0 Å². The largest absolute Gasteiger partial charge is 0.379 e. The van der Waals surface area contributed by atoms with Crippen LogP contribution in [-0.2, 0) is 61.7 Å². The van der Waals surface area contributed by atoms with E-state index in [1.807, 2.05) is 23.0 Å². The number of carbonyl (C=O) groups is 3. The average Bonchev–Trinajstić information content (AvgIpc) is 4.01. The van der Waals surface area contributed by atoms with Gasteiger partial charge in [-0.05, 0) is 12.8 Å². The van der Waals surface area contributed by atoms with Gasteiger partial charge in [-0.3, -0.25) is 14.6 Å². The molecule has 3 aliphatic heterocycles. The van der Waals surface area contributed by atoms with Gasteiger partial charge >= 0.3 is 6.03 Å². The minimum Gasteiger partial charge on any atom is -0.379 e. The number of carbonyl (C=O) groups excluding carboxylic acids is 3. The number of hydrogen-bond donors (Lipinski definition) is 7. The third-order valence-electron chi connectivity index (χ3n) is 9.36. The van der Waals surface area contributed by atoms with Gasteiger partial charge in [0.25, 0.3) is 0 Å². The number of nitrogens with two attached hydrogens (primary N) is 1. The highest BCUT2D eigenvalue weighted by atomic mass is 32.2. The van der Waals surface area contributed by atoms with Crippen molar-refractivity contribution < 1.29 is 66.5 Å². The lowest BCUT2D eigenvalue weighted by Crippen LogP contribution is -2.39. The number of ether oxygens (including phenoxy) is 11. The van der Waals surface area contributed by atoms with E-state index in [9.17, 15) is 14.4 Å². The Hall–Kier alpha value is -2.62. The van der Waals surface area contributed by atoms with Crippen molar-refractivity contribution in [3.8, 4) is 0 Å². The van der Waals surface area contributed by atoms with Crippen molar-refractivity contribution in [2.75, 3.05) is 177 Å². The molecule has 3 rings (SSSR count). The van der Waals surface area contributed by atoms with Crippen molar-refractivity contribution in [3.05, 3.63) is 11.9 Å². The Morgan fingerprint density at radius 1 is 0.619 bits per heavy atom. The molecule has 0 aromatic carbocycles. The van der Waals surface area contributed by atoms with Crippen molar-refractivity contribution in [2.45, 2.75) is 49.4 Å². The third-order valence-corrected chi connectivity index (χ3v) is 10.9. The highest BCUT2D eigenvalue weighted by Crippen LogP contribution is 2.33. The molecule has 1 unspecified atom stereocenters. The fourth-order valence-electron chi connectivity index (χ4n) is 6.11. The van der Waals surface area contributed by atoms with Crippen LogP contribution in [0.15, 0.2) is 11.9 Å². The average molecular weight is 925 g/mol. The van der Waals surface area contributed by atoms with E-state index in [1.165, 1.54) is 0 Å². The van der Waals surface area contributed by atoms with E-state index in [-0.39, 0.29) is 36.3 Å². The SMILES string of the molecule is NCCOCCOCCOCCOCCOCCNC(=O)CCOCCOCCOCCOCCOCCOCCN1C=C(CNC(=O)CCCC[C@@H]2SCC3NC(=O)N[C@H]32)NN1. The Balaban J connectivity index is 0.936. The van der Waals surface area contributed by atoms with Gasteiger partial charge in [0.05, 0.1) is 176 Å². The van der Waals surface area contributed by atoms with Gasteiger partial charge < -0.3 is 84.5 Å². The zero-order valence-corrected chi connectivity index (χ0v) is 37.9. The van der Waals surface area contributed by atoms with Crippen molar-refractivity contribution in [3.63, 3.8) is 0 Å². The number of unbranched alkanes of at least 4 members (excludes halogenated alkanes) is 1. The van der Waals surface area contributed by atoms with Crippen LogP contribution in [0.2, 0.25) is 0 Å². The summed E-state index contributed by atoms with van der Waals surface area (Å²) in [6.45, 7) is 12.2. The molecule has 22 nitrogen and oxygen atoms in total. The first kappa shape index (κ1) is 54.7. The molecule has 63 heavy (non-hydrogen) atoms. The molecule has 8 N–H and O–H groups in total. The number of thioether (sulfide) groups is 1. The molecule has 2 saturated heterocycles. The van der Waals surface area contributed by atoms with Gasteiger partial charge in [-0.2, -0.15) is 11.8 Å². The maximum absolute atomic E-state index is 12.3. The molecule has 0 radical (unpaired) electrons. The molecule has 0 aliphatic carbocycles. The second-order valence-electron chi connectivity index (χ2n) is 14.4. The second kappa shape index (κ2) is 38.6. The number of nitrogens with zero attached hydrogens (tertiary/aromatic N) is 1. The molecule has 3 atom stereocenters. The molecular formula is C40H76N8O14S. The lowest BCUT2D eigenvalue weighted by atomic mass is 10.0. The molecule has 0 aromatic rings. The molecule has 0 spiro atoms. The van der Waals surface area contributed by atoms with Gasteiger partial charge in [0.2, 0.25) is 11.8 Å². The van der Waals surface area contributed by atoms with Crippen molar-refractivity contribution in [2.24, 2.45) is 5.73 Å². The van der Waals surface area contributed by atoms with Crippen LogP contribution in [0, 0.1) is 0 Å². The minimum absolute atomic E-state index is 0.0288. The highest BCUT2D eigenvalue weighted by Gasteiger charge is 2.42. The summed E-state index contributed by atoms with van der Waals surface area (Å²) in [6, 6.07) is 0.378. The van der Waals surface area contributed by atoms with Crippen molar-refractivity contribution >= 4 is 29.6 Å². The number of amides is 4. The van der Waals surface area contributed by atoms with Crippen LogP contribution >= 0.6 is 11.8 Å². The van der Waals surface area contributed by atoms with Gasteiger partial charge in [-0.15, -0.1) is 5.53 Å². The predicted octanol–water partition coefficient (Wildman–Crippen LogP) is -1.36. The summed E-state index contributed by atoms with van der Waals surface area (Å²) >= 11 is 1.90. The molecule has 0 bridgehead atoms. The Bertz CT molecular complexity index is 1210. The number of hydrazine groups is 2. The number of fused-ring (bicyclic) bond motifs is 1. The maximum Gasteiger partial charge on any atom is 0.315 e. The standard InChI is InChI=1S/C40H76N8O14S/c41-6-10-53-14-18-57-22-26-61-27-23-58-19-15-54-11-7-42-38(50)5-9-52-13-17-56-21-25-60-29-30-62-28-24-59-20-16-55-12-8-48-32-34(46-47-48)31-43-37(49)4-2-1-3-36-39-35(33-63-36)44-40(51)45-39/h32,35-36,39,46-47H,1-31,33,41H2,(H,42,50)(H,43,49)(H2,44,45,51)/t35?,36-,39+/m0/s1. The normalized spacial score (nSPS) is 18.0. The quantitative estimate of drug-likeness (QED) is 0.0275. The van der Waals surface area contributed by atoms with Gasteiger partial charge in [0.15, 0.2) is 0 Å². The predicted molar refractivity (Wildman–Crippen MR) is 234 cm³/mol. The molecule has 23 heteroatoms. The third kappa shape index (κ3) is 29.5. The van der Waals surface area contributed by atoms with E-state index in [0.29, 0.717) is 183 Å². The number of urea groups is 1. The van der Waals surface area contributed by atoms with E-state index in [1.54, 1.807) is 0 Å². The second-order valence-corrected chi connectivity index (χ2v) is 15.6. The van der Waals surface area contributed by atoms with E-state index in [2.05, 4.69) is 32.2 Å². The molecule has 2 fully saturated rings. The summed E-state index contributed by atoms with van der Waals surface area (Å²) in [7, 11) is 0. The molecule has 366 valence electrons. The molecular weight excluding hydrogens is 849 g/mol. The Kier molecular flexibility index (Phi) is 33.5. The van der Waals surface area contributed by atoms with E-state index in [0.717, 1.165) is 30.7 Å². The van der Waals surface area contributed by atoms with Crippen molar-refractivity contribution in [1.29, 1.82) is 0 Å². The molecule has 3 aliphatic rings. The number of hydrogen-bond acceptors (Lipinski definition) is 19. The molecule has 3 heterocycles. The zero-order valence-electron chi connectivity index (χ0n) is 37.1. The van der Waals surface area contributed by atoms with Gasteiger partial charge in [0.1, 0.15) is 0 Å². The Morgan fingerprint density at radius 3 is 1.67 bits per heavy atom. The topological polar surface area (TPSA) is 254 Å². The summed E-state index contributed by atoms with van der Waals surface area (Å²) < 4.78 is 60.1. The molecule has 0 saturated carbocycles. The summed E-state index contributed by atoms with van der Waals surface area (Å²) in [6.07, 6.45) is 5.46. The van der Waals surface area contributed by atoms with Crippen LogP contribution in [0.5, 0.6) is 0 Å². The fourth-order valence-corrected chi connectivity index (χ4v) is 7.65. The lowest BCUT2D eigenvalue weighted by molar-refractivity contribution is -0.123. The summed E-state index contributed by atoms with van der Waals surface area (Å²) in [5.41, 5.74) is 12.3. The lowest BCUT2D eigenvalue weighted by Gasteiger charge is -2.16. The smallest absolute Gasteiger partial charge is 0.315 e. The van der Waals surface area contributed by atoms with Crippen LogP contribution in [-0.4, -0.2) is 217 Å². The summed E-state index contributed by atoms with van der Waals surface area (Å²) in [5, 5.41) is 14.0. The van der Waals surface area contributed by atoms with E-state index >= 15 is 0 Å². The fraction of sp³-hybridized carbons (Fsp3) is 0.875. The van der Waals surface area contributed by atoms with Crippen LogP contribution in [0.25, 0.3) is 0 Å². The Morgan fingerprint density at radius 2 is 1.11 bits per heavy atom. The minimum atomic E-state index is -0.0957. The summed E-state index contributed by atoms with van der Waals surface area (Å²) in [5.74, 6) is 0.884.